The second-order valence-electron chi connectivity index (χ2n) is 5.02. The van der Waals surface area contributed by atoms with Crippen LogP contribution in [0.25, 0.3) is 0 Å². The summed E-state index contributed by atoms with van der Waals surface area (Å²) in [5.74, 6) is 0.201. The topological polar surface area (TPSA) is 38.0 Å². The van der Waals surface area contributed by atoms with Gasteiger partial charge in [0.05, 0.1) is 5.02 Å². The van der Waals surface area contributed by atoms with Gasteiger partial charge in [0.15, 0.2) is 0 Å². The van der Waals surface area contributed by atoms with Gasteiger partial charge in [-0.3, -0.25) is 0 Å². The van der Waals surface area contributed by atoms with E-state index in [4.69, 9.17) is 17.3 Å². The summed E-state index contributed by atoms with van der Waals surface area (Å²) in [7, 11) is 0. The van der Waals surface area contributed by atoms with Crippen molar-refractivity contribution in [3.63, 3.8) is 0 Å². The fourth-order valence-corrected chi connectivity index (χ4v) is 2.86. The summed E-state index contributed by atoms with van der Waals surface area (Å²) in [6.07, 6.45) is 4.93. The van der Waals surface area contributed by atoms with Gasteiger partial charge in [-0.1, -0.05) is 30.5 Å². The highest BCUT2D eigenvalue weighted by atomic mass is 35.5. The molecular weight excluding hydrogens is 251 g/mol. The summed E-state index contributed by atoms with van der Waals surface area (Å²) in [4.78, 5) is 0. The molecule has 0 saturated heterocycles. The highest BCUT2D eigenvalue weighted by Crippen LogP contribution is 2.24. The first-order valence-electron chi connectivity index (χ1n) is 6.58. The lowest BCUT2D eigenvalue weighted by molar-refractivity contribution is 0.267. The van der Waals surface area contributed by atoms with E-state index in [0.717, 1.165) is 18.7 Å². The summed E-state index contributed by atoms with van der Waals surface area (Å²) in [6, 6.07) is 5.35. The molecule has 0 spiro atoms. The lowest BCUT2D eigenvalue weighted by Crippen LogP contribution is -2.41. The van der Waals surface area contributed by atoms with Crippen LogP contribution in [0.1, 0.15) is 31.2 Å². The van der Waals surface area contributed by atoms with Crippen molar-refractivity contribution in [3.05, 3.63) is 34.6 Å². The summed E-state index contributed by atoms with van der Waals surface area (Å²) < 4.78 is 13.0. The van der Waals surface area contributed by atoms with E-state index in [-0.39, 0.29) is 10.8 Å². The SMILES string of the molecule is NCC1CCCCC1NCc1ccc(F)c(Cl)c1. The fourth-order valence-electron chi connectivity index (χ4n) is 2.66. The minimum Gasteiger partial charge on any atom is -0.330 e. The molecule has 0 radical (unpaired) electrons. The molecule has 1 aliphatic rings. The zero-order chi connectivity index (χ0) is 13.0. The maximum absolute atomic E-state index is 13.0. The van der Waals surface area contributed by atoms with E-state index >= 15 is 0 Å². The molecule has 2 nitrogen and oxygen atoms in total. The Morgan fingerprint density at radius 2 is 2.11 bits per heavy atom. The minimum atomic E-state index is -0.363. The van der Waals surface area contributed by atoms with E-state index in [1.54, 1.807) is 12.1 Å². The van der Waals surface area contributed by atoms with Crippen molar-refractivity contribution in [2.75, 3.05) is 6.54 Å². The van der Waals surface area contributed by atoms with Crippen LogP contribution in [0.3, 0.4) is 0 Å². The zero-order valence-corrected chi connectivity index (χ0v) is 11.2. The van der Waals surface area contributed by atoms with Crippen molar-refractivity contribution in [3.8, 4) is 0 Å². The molecule has 1 fully saturated rings. The first kappa shape index (κ1) is 13.8. The second kappa shape index (κ2) is 6.50. The molecule has 18 heavy (non-hydrogen) atoms. The monoisotopic (exact) mass is 270 g/mol. The van der Waals surface area contributed by atoms with E-state index in [2.05, 4.69) is 5.32 Å². The lowest BCUT2D eigenvalue weighted by Gasteiger charge is -2.31. The Morgan fingerprint density at radius 3 is 2.83 bits per heavy atom. The van der Waals surface area contributed by atoms with Crippen LogP contribution < -0.4 is 11.1 Å². The Balaban J connectivity index is 1.91. The Hall–Kier alpha value is -0.640. The largest absolute Gasteiger partial charge is 0.330 e. The lowest BCUT2D eigenvalue weighted by atomic mass is 9.84. The predicted octanol–water partition coefficient (Wildman–Crippen LogP) is 3.09. The molecule has 0 aromatic heterocycles. The quantitative estimate of drug-likeness (QED) is 0.882. The van der Waals surface area contributed by atoms with Crippen LogP contribution in [0, 0.1) is 11.7 Å². The normalized spacial score (nSPS) is 24.2. The van der Waals surface area contributed by atoms with Crippen LogP contribution in [0.4, 0.5) is 4.39 Å². The van der Waals surface area contributed by atoms with Crippen molar-refractivity contribution in [1.82, 2.24) is 5.32 Å². The van der Waals surface area contributed by atoms with Gasteiger partial charge < -0.3 is 11.1 Å². The van der Waals surface area contributed by atoms with Crippen LogP contribution in [0.2, 0.25) is 5.02 Å². The molecule has 1 aliphatic carbocycles. The highest BCUT2D eigenvalue weighted by molar-refractivity contribution is 6.30. The van der Waals surface area contributed by atoms with Crippen LogP contribution in [-0.2, 0) is 6.54 Å². The van der Waals surface area contributed by atoms with Gasteiger partial charge in [-0.15, -0.1) is 0 Å². The van der Waals surface area contributed by atoms with Gasteiger partial charge in [-0.2, -0.15) is 0 Å². The van der Waals surface area contributed by atoms with Crippen molar-refractivity contribution < 1.29 is 4.39 Å². The molecule has 2 rings (SSSR count). The number of benzene rings is 1. The molecule has 0 bridgehead atoms. The maximum atomic E-state index is 13.0. The van der Waals surface area contributed by atoms with Gasteiger partial charge in [0.25, 0.3) is 0 Å². The standard InChI is InChI=1S/C14H20ClFN2/c15-12-7-10(5-6-13(12)16)9-18-14-4-2-1-3-11(14)8-17/h5-7,11,14,18H,1-4,8-9,17H2. The van der Waals surface area contributed by atoms with Crippen molar-refractivity contribution in [2.24, 2.45) is 11.7 Å². The average Bonchev–Trinajstić information content (AvgIpc) is 2.40. The van der Waals surface area contributed by atoms with Gasteiger partial charge in [0.1, 0.15) is 5.82 Å². The van der Waals surface area contributed by atoms with E-state index in [1.165, 1.54) is 31.7 Å². The van der Waals surface area contributed by atoms with Gasteiger partial charge >= 0.3 is 0 Å². The van der Waals surface area contributed by atoms with Gasteiger partial charge in [0.2, 0.25) is 0 Å². The molecule has 1 aromatic carbocycles. The summed E-state index contributed by atoms with van der Waals surface area (Å²) in [5, 5.41) is 3.71. The van der Waals surface area contributed by atoms with Crippen LogP contribution in [-0.4, -0.2) is 12.6 Å². The summed E-state index contributed by atoms with van der Waals surface area (Å²) in [6.45, 7) is 1.46. The summed E-state index contributed by atoms with van der Waals surface area (Å²) in [5.41, 5.74) is 6.81. The molecule has 0 amide bonds. The third-order valence-corrected chi connectivity index (χ3v) is 4.05. The molecule has 0 aliphatic heterocycles. The third-order valence-electron chi connectivity index (χ3n) is 3.76. The van der Waals surface area contributed by atoms with Crippen LogP contribution in [0.15, 0.2) is 18.2 Å². The number of hydrogen-bond acceptors (Lipinski definition) is 2. The molecule has 3 N–H and O–H groups in total. The first-order chi connectivity index (χ1) is 8.70. The van der Waals surface area contributed by atoms with Crippen molar-refractivity contribution >= 4 is 11.6 Å². The Bertz CT molecular complexity index is 397. The summed E-state index contributed by atoms with van der Waals surface area (Å²) >= 11 is 5.77. The highest BCUT2D eigenvalue weighted by Gasteiger charge is 2.23. The fraction of sp³-hybridized carbons (Fsp3) is 0.571. The molecule has 1 aromatic rings. The van der Waals surface area contributed by atoms with Gasteiger partial charge in [-0.25, -0.2) is 4.39 Å². The molecule has 1 saturated carbocycles. The molecule has 4 heteroatoms. The van der Waals surface area contributed by atoms with Gasteiger partial charge in [-0.05, 0) is 43.0 Å². The van der Waals surface area contributed by atoms with Crippen molar-refractivity contribution in [1.29, 1.82) is 0 Å². The Kier molecular flexibility index (Phi) is 4.98. The minimum absolute atomic E-state index is 0.188. The number of halogens is 2. The molecule has 0 heterocycles. The molecule has 2 unspecified atom stereocenters. The first-order valence-corrected chi connectivity index (χ1v) is 6.96. The Labute approximate surface area is 113 Å². The smallest absolute Gasteiger partial charge is 0.141 e. The van der Waals surface area contributed by atoms with Crippen LogP contribution in [0.5, 0.6) is 0 Å². The number of hydrogen-bond donors (Lipinski definition) is 2. The number of nitrogens with two attached hydrogens (primary N) is 1. The van der Waals surface area contributed by atoms with E-state index < -0.39 is 0 Å². The molecule has 2 atom stereocenters. The van der Waals surface area contributed by atoms with Gasteiger partial charge in [0, 0.05) is 12.6 Å². The number of rotatable bonds is 4. The number of nitrogens with one attached hydrogen (secondary N) is 1. The Morgan fingerprint density at radius 1 is 1.33 bits per heavy atom. The zero-order valence-electron chi connectivity index (χ0n) is 10.5. The molecule has 100 valence electrons. The van der Waals surface area contributed by atoms with Crippen LogP contribution >= 0.6 is 11.6 Å². The van der Waals surface area contributed by atoms with Crippen molar-refractivity contribution in [2.45, 2.75) is 38.3 Å². The molecular formula is C14H20ClFN2. The second-order valence-corrected chi connectivity index (χ2v) is 5.42. The van der Waals surface area contributed by atoms with E-state index in [9.17, 15) is 4.39 Å². The predicted molar refractivity (Wildman–Crippen MR) is 73.1 cm³/mol. The average molecular weight is 271 g/mol. The maximum Gasteiger partial charge on any atom is 0.141 e. The van der Waals surface area contributed by atoms with E-state index in [1.807, 2.05) is 0 Å². The third kappa shape index (κ3) is 3.44. The van der Waals surface area contributed by atoms with E-state index in [0.29, 0.717) is 12.0 Å².